The van der Waals surface area contributed by atoms with Gasteiger partial charge in [-0.25, -0.2) is 8.42 Å². The highest BCUT2D eigenvalue weighted by atomic mass is 32.2. The molecule has 0 amide bonds. The zero-order valence-electron chi connectivity index (χ0n) is 16.3. The quantitative estimate of drug-likeness (QED) is 0.651. The SMILES string of the molecule is COc1cc(C[C@@H]2[C@H](O)c3ccccc3S(=O)(=O)N2Cc2cccnc2)ccc1O. The van der Waals surface area contributed by atoms with Crippen molar-refractivity contribution < 1.29 is 23.4 Å². The third-order valence-electron chi connectivity index (χ3n) is 5.31. The Morgan fingerprint density at radius 3 is 2.63 bits per heavy atom. The van der Waals surface area contributed by atoms with E-state index in [2.05, 4.69) is 4.98 Å². The van der Waals surface area contributed by atoms with Crippen LogP contribution in [0.5, 0.6) is 11.5 Å². The first-order valence-electron chi connectivity index (χ1n) is 9.45. The number of phenols is 1. The number of hydrogen-bond acceptors (Lipinski definition) is 6. The highest BCUT2D eigenvalue weighted by Crippen LogP contribution is 2.39. The molecule has 30 heavy (non-hydrogen) atoms. The first-order chi connectivity index (χ1) is 14.4. The van der Waals surface area contributed by atoms with Crippen LogP contribution in [-0.2, 0) is 23.0 Å². The Morgan fingerprint density at radius 1 is 1.10 bits per heavy atom. The van der Waals surface area contributed by atoms with Gasteiger partial charge in [0.2, 0.25) is 10.0 Å². The molecule has 0 aliphatic carbocycles. The summed E-state index contributed by atoms with van der Waals surface area (Å²) in [6.45, 7) is 0.0848. The second kappa shape index (κ2) is 8.06. The van der Waals surface area contributed by atoms with Crippen molar-refractivity contribution in [2.24, 2.45) is 0 Å². The van der Waals surface area contributed by atoms with Crippen molar-refractivity contribution in [3.05, 3.63) is 83.7 Å². The van der Waals surface area contributed by atoms with E-state index < -0.39 is 22.2 Å². The molecular weight excluding hydrogens is 404 g/mol. The molecule has 1 aliphatic heterocycles. The van der Waals surface area contributed by atoms with Crippen LogP contribution in [0, 0.1) is 0 Å². The van der Waals surface area contributed by atoms with Gasteiger partial charge in [-0.3, -0.25) is 4.98 Å². The lowest BCUT2D eigenvalue weighted by Crippen LogP contribution is -2.48. The summed E-state index contributed by atoms with van der Waals surface area (Å²) in [6, 6.07) is 14.2. The number of fused-ring (bicyclic) bond motifs is 1. The average Bonchev–Trinajstić information content (AvgIpc) is 2.76. The van der Waals surface area contributed by atoms with Gasteiger partial charge >= 0.3 is 0 Å². The van der Waals surface area contributed by atoms with Gasteiger partial charge in [-0.15, -0.1) is 0 Å². The minimum absolute atomic E-state index is 0.00405. The van der Waals surface area contributed by atoms with Crippen molar-refractivity contribution in [2.45, 2.75) is 30.0 Å². The molecule has 4 rings (SSSR count). The van der Waals surface area contributed by atoms with Gasteiger partial charge in [-0.2, -0.15) is 4.31 Å². The second-order valence-corrected chi connectivity index (χ2v) is 9.03. The summed E-state index contributed by atoms with van der Waals surface area (Å²) >= 11 is 0. The molecule has 2 N–H and O–H groups in total. The number of aliphatic hydroxyl groups excluding tert-OH is 1. The number of aromatic nitrogens is 1. The highest BCUT2D eigenvalue weighted by molar-refractivity contribution is 7.89. The summed E-state index contributed by atoms with van der Waals surface area (Å²) in [4.78, 5) is 4.19. The van der Waals surface area contributed by atoms with Gasteiger partial charge in [0.1, 0.15) is 0 Å². The van der Waals surface area contributed by atoms with Gasteiger partial charge in [0.15, 0.2) is 11.5 Å². The molecule has 156 valence electrons. The number of nitrogens with zero attached hydrogens (tertiary/aromatic N) is 2. The fourth-order valence-electron chi connectivity index (χ4n) is 3.81. The van der Waals surface area contributed by atoms with Crippen LogP contribution in [0.15, 0.2) is 71.9 Å². The van der Waals surface area contributed by atoms with Crippen molar-refractivity contribution in [3.8, 4) is 11.5 Å². The predicted molar refractivity (Wildman–Crippen MR) is 111 cm³/mol. The molecule has 0 bridgehead atoms. The smallest absolute Gasteiger partial charge is 0.244 e. The Balaban J connectivity index is 1.78. The molecule has 2 aromatic carbocycles. The van der Waals surface area contributed by atoms with E-state index in [1.807, 2.05) is 0 Å². The van der Waals surface area contributed by atoms with Crippen LogP contribution >= 0.6 is 0 Å². The minimum Gasteiger partial charge on any atom is -0.504 e. The molecule has 2 atom stereocenters. The minimum atomic E-state index is -3.84. The monoisotopic (exact) mass is 426 g/mol. The van der Waals surface area contributed by atoms with Gasteiger partial charge in [-0.05, 0) is 41.8 Å². The Bertz CT molecular complexity index is 1150. The maximum absolute atomic E-state index is 13.5. The number of hydrogen-bond donors (Lipinski definition) is 2. The predicted octanol–water partition coefficient (Wildman–Crippen LogP) is 2.65. The molecule has 8 heteroatoms. The van der Waals surface area contributed by atoms with Gasteiger partial charge in [0, 0.05) is 24.5 Å². The zero-order chi connectivity index (χ0) is 21.3. The summed E-state index contributed by atoms with van der Waals surface area (Å²) in [5, 5.41) is 21.0. The van der Waals surface area contributed by atoms with Gasteiger partial charge in [-0.1, -0.05) is 30.3 Å². The highest BCUT2D eigenvalue weighted by Gasteiger charge is 2.43. The van der Waals surface area contributed by atoms with E-state index in [-0.39, 0.29) is 23.6 Å². The zero-order valence-corrected chi connectivity index (χ0v) is 17.2. The molecule has 0 saturated heterocycles. The van der Waals surface area contributed by atoms with Crippen LogP contribution in [0.2, 0.25) is 0 Å². The van der Waals surface area contributed by atoms with Gasteiger partial charge in [0.05, 0.1) is 24.2 Å². The Morgan fingerprint density at radius 2 is 1.90 bits per heavy atom. The third-order valence-corrected chi connectivity index (χ3v) is 7.25. The lowest BCUT2D eigenvalue weighted by molar-refractivity contribution is 0.0769. The van der Waals surface area contributed by atoms with E-state index in [4.69, 9.17) is 4.74 Å². The number of rotatable bonds is 5. The molecule has 3 aromatic rings. The van der Waals surface area contributed by atoms with Crippen molar-refractivity contribution in [3.63, 3.8) is 0 Å². The van der Waals surface area contributed by atoms with Crippen molar-refractivity contribution in [1.29, 1.82) is 0 Å². The number of methoxy groups -OCH3 is 1. The van der Waals surface area contributed by atoms with Crippen LogP contribution < -0.4 is 4.74 Å². The molecule has 0 fully saturated rings. The lowest BCUT2D eigenvalue weighted by atomic mass is 9.95. The standard InChI is InChI=1S/C22H22N2O5S/c1-29-20-12-15(8-9-19(20)25)11-18-22(26)17-6-2-3-7-21(17)30(27,28)24(18)14-16-5-4-10-23-13-16/h2-10,12-13,18,22,25-26H,11,14H2,1H3/t18-,22-/m1/s1. The molecule has 0 saturated carbocycles. The number of benzene rings is 2. The molecular formula is C22H22N2O5S. The lowest BCUT2D eigenvalue weighted by Gasteiger charge is -2.39. The summed E-state index contributed by atoms with van der Waals surface area (Å²) in [7, 11) is -2.39. The molecule has 0 spiro atoms. The Kier molecular flexibility index (Phi) is 5.46. The molecule has 7 nitrogen and oxygen atoms in total. The average molecular weight is 426 g/mol. The van der Waals surface area contributed by atoms with E-state index in [1.54, 1.807) is 54.9 Å². The molecule has 2 heterocycles. The van der Waals surface area contributed by atoms with E-state index in [0.29, 0.717) is 11.3 Å². The van der Waals surface area contributed by atoms with Crippen LogP contribution in [0.3, 0.4) is 0 Å². The maximum Gasteiger partial charge on any atom is 0.244 e. The fourth-order valence-corrected chi connectivity index (χ4v) is 5.66. The molecule has 0 unspecified atom stereocenters. The number of phenolic OH excluding ortho intramolecular Hbond substituents is 1. The third kappa shape index (κ3) is 3.65. The fraction of sp³-hybridized carbons (Fsp3) is 0.227. The number of ether oxygens (including phenoxy) is 1. The van der Waals surface area contributed by atoms with Gasteiger partial charge in [0.25, 0.3) is 0 Å². The number of aromatic hydroxyl groups is 1. The summed E-state index contributed by atoms with van der Waals surface area (Å²) < 4.78 is 33.4. The van der Waals surface area contributed by atoms with Crippen LogP contribution in [-0.4, -0.2) is 41.1 Å². The number of sulfonamides is 1. The van der Waals surface area contributed by atoms with E-state index in [1.165, 1.54) is 23.5 Å². The summed E-state index contributed by atoms with van der Waals surface area (Å²) in [6.07, 6.45) is 2.47. The summed E-state index contributed by atoms with van der Waals surface area (Å²) in [5.74, 6) is 0.287. The van der Waals surface area contributed by atoms with Crippen LogP contribution in [0.4, 0.5) is 0 Å². The summed E-state index contributed by atoms with van der Waals surface area (Å²) in [5.41, 5.74) is 1.84. The first-order valence-corrected chi connectivity index (χ1v) is 10.9. The van der Waals surface area contributed by atoms with E-state index in [0.717, 1.165) is 11.1 Å². The maximum atomic E-state index is 13.5. The van der Waals surface area contributed by atoms with Gasteiger partial charge < -0.3 is 14.9 Å². The second-order valence-electron chi connectivity index (χ2n) is 7.17. The molecule has 1 aromatic heterocycles. The van der Waals surface area contributed by atoms with E-state index in [9.17, 15) is 18.6 Å². The Hall–Kier alpha value is -2.94. The largest absolute Gasteiger partial charge is 0.504 e. The normalized spacial score (nSPS) is 20.5. The van der Waals surface area contributed by atoms with Crippen molar-refractivity contribution in [1.82, 2.24) is 9.29 Å². The molecule has 0 radical (unpaired) electrons. The number of pyridine rings is 1. The Labute approximate surface area is 175 Å². The van der Waals surface area contributed by atoms with Crippen molar-refractivity contribution in [2.75, 3.05) is 7.11 Å². The topological polar surface area (TPSA) is 100.0 Å². The van der Waals surface area contributed by atoms with Crippen LogP contribution in [0.25, 0.3) is 0 Å². The first kappa shape index (κ1) is 20.3. The number of aliphatic hydroxyl groups is 1. The molecule has 1 aliphatic rings. The van der Waals surface area contributed by atoms with Crippen LogP contribution in [0.1, 0.15) is 22.8 Å². The van der Waals surface area contributed by atoms with E-state index >= 15 is 0 Å². The van der Waals surface area contributed by atoms with Crippen molar-refractivity contribution >= 4 is 10.0 Å².